The minimum Gasteiger partial charge on any atom is -0.493 e. The maximum Gasteiger partial charge on any atom is 0.286 e. The van der Waals surface area contributed by atoms with Crippen LogP contribution >= 0.6 is 11.8 Å². The first-order chi connectivity index (χ1) is 10.8. The highest BCUT2D eigenvalue weighted by atomic mass is 32.2. The summed E-state index contributed by atoms with van der Waals surface area (Å²) in [5.41, 5.74) is 0.902. The van der Waals surface area contributed by atoms with Gasteiger partial charge in [0.2, 0.25) is 0 Å². The van der Waals surface area contributed by atoms with Crippen LogP contribution < -0.4 is 4.74 Å². The average molecular weight is 318 g/mol. The molecule has 2 heterocycles. The Bertz CT molecular complexity index is 622. The standard InChI is InChI=1S/C16H18N2O3S/c1-2-21-13-6-4-3-5-12(13)11-14-15(19)17-16(22-14)18-7-9-20-10-8-18/h3-6,11H,2,7-10H2,1H3. The Kier molecular flexibility index (Phi) is 4.80. The van der Waals surface area contributed by atoms with Crippen LogP contribution in [0.4, 0.5) is 0 Å². The predicted molar refractivity (Wildman–Crippen MR) is 88.0 cm³/mol. The van der Waals surface area contributed by atoms with Crippen LogP contribution in [0.25, 0.3) is 6.08 Å². The topological polar surface area (TPSA) is 51.1 Å². The van der Waals surface area contributed by atoms with E-state index in [4.69, 9.17) is 9.47 Å². The van der Waals surface area contributed by atoms with E-state index < -0.39 is 0 Å². The summed E-state index contributed by atoms with van der Waals surface area (Å²) < 4.78 is 10.9. The summed E-state index contributed by atoms with van der Waals surface area (Å²) >= 11 is 1.42. The van der Waals surface area contributed by atoms with E-state index in [1.54, 1.807) is 0 Å². The van der Waals surface area contributed by atoms with Crippen LogP contribution in [-0.2, 0) is 9.53 Å². The van der Waals surface area contributed by atoms with Gasteiger partial charge < -0.3 is 14.4 Å². The van der Waals surface area contributed by atoms with Gasteiger partial charge in [0.15, 0.2) is 5.17 Å². The molecular formula is C16H18N2O3S. The molecule has 1 fully saturated rings. The van der Waals surface area contributed by atoms with Gasteiger partial charge in [-0.2, -0.15) is 4.99 Å². The number of hydrogen-bond donors (Lipinski definition) is 0. The summed E-state index contributed by atoms with van der Waals surface area (Å²) in [6.45, 7) is 5.46. The number of nitrogens with zero attached hydrogens (tertiary/aromatic N) is 2. The monoisotopic (exact) mass is 318 g/mol. The van der Waals surface area contributed by atoms with Crippen molar-refractivity contribution in [3.05, 3.63) is 34.7 Å². The van der Waals surface area contributed by atoms with Gasteiger partial charge in [-0.25, -0.2) is 0 Å². The van der Waals surface area contributed by atoms with E-state index in [0.29, 0.717) is 24.7 Å². The van der Waals surface area contributed by atoms with E-state index in [9.17, 15) is 4.79 Å². The van der Waals surface area contributed by atoms with E-state index >= 15 is 0 Å². The predicted octanol–water partition coefficient (Wildman–Crippen LogP) is 2.39. The number of benzene rings is 1. The van der Waals surface area contributed by atoms with Gasteiger partial charge in [0.25, 0.3) is 5.91 Å². The first-order valence-corrected chi connectivity index (χ1v) is 8.16. The van der Waals surface area contributed by atoms with Gasteiger partial charge in [-0.3, -0.25) is 4.79 Å². The van der Waals surface area contributed by atoms with Gasteiger partial charge >= 0.3 is 0 Å². The van der Waals surface area contributed by atoms with Gasteiger partial charge in [0.1, 0.15) is 5.75 Å². The normalized spacial score (nSPS) is 20.4. The number of carbonyl (C=O) groups is 1. The molecule has 2 aliphatic heterocycles. The van der Waals surface area contributed by atoms with Crippen LogP contribution in [0.3, 0.4) is 0 Å². The zero-order valence-electron chi connectivity index (χ0n) is 12.4. The number of amidine groups is 1. The molecule has 1 amide bonds. The Morgan fingerprint density at radius 2 is 2.14 bits per heavy atom. The molecule has 3 rings (SSSR count). The summed E-state index contributed by atoms with van der Waals surface area (Å²) in [7, 11) is 0. The first kappa shape index (κ1) is 15.1. The lowest BCUT2D eigenvalue weighted by Crippen LogP contribution is -2.38. The Morgan fingerprint density at radius 3 is 2.91 bits per heavy atom. The maximum absolute atomic E-state index is 12.1. The Hall–Kier alpha value is -1.79. The number of ether oxygens (including phenoxy) is 2. The van der Waals surface area contributed by atoms with Crippen molar-refractivity contribution in [3.8, 4) is 5.75 Å². The molecule has 1 saturated heterocycles. The average Bonchev–Trinajstić information content (AvgIpc) is 2.91. The van der Waals surface area contributed by atoms with Crippen LogP contribution in [0, 0.1) is 0 Å². The highest BCUT2D eigenvalue weighted by molar-refractivity contribution is 8.18. The summed E-state index contributed by atoms with van der Waals surface area (Å²) in [6.07, 6.45) is 1.86. The summed E-state index contributed by atoms with van der Waals surface area (Å²) in [4.78, 5) is 19.0. The van der Waals surface area contributed by atoms with Crippen molar-refractivity contribution in [2.45, 2.75) is 6.92 Å². The van der Waals surface area contributed by atoms with Crippen molar-refractivity contribution in [1.82, 2.24) is 4.90 Å². The number of morpholine rings is 1. The fourth-order valence-electron chi connectivity index (χ4n) is 2.32. The lowest BCUT2D eigenvalue weighted by atomic mass is 10.2. The summed E-state index contributed by atoms with van der Waals surface area (Å²) in [5, 5.41) is 0.772. The molecule has 0 atom stereocenters. The molecule has 6 heteroatoms. The Morgan fingerprint density at radius 1 is 1.36 bits per heavy atom. The number of hydrogen-bond acceptors (Lipinski definition) is 5. The van der Waals surface area contributed by atoms with Crippen molar-refractivity contribution in [2.24, 2.45) is 4.99 Å². The van der Waals surface area contributed by atoms with Gasteiger partial charge in [0, 0.05) is 18.7 Å². The molecular weight excluding hydrogens is 300 g/mol. The Balaban J connectivity index is 1.78. The van der Waals surface area contributed by atoms with Crippen molar-refractivity contribution < 1.29 is 14.3 Å². The van der Waals surface area contributed by atoms with Gasteiger partial charge in [-0.15, -0.1) is 0 Å². The maximum atomic E-state index is 12.1. The van der Waals surface area contributed by atoms with Crippen molar-refractivity contribution in [3.63, 3.8) is 0 Å². The zero-order valence-corrected chi connectivity index (χ0v) is 13.3. The third kappa shape index (κ3) is 3.34. The SMILES string of the molecule is CCOc1ccccc1C=C1SC(N2CCOCC2)=NC1=O. The van der Waals surface area contributed by atoms with Crippen LogP contribution in [0.1, 0.15) is 12.5 Å². The molecule has 1 aromatic rings. The van der Waals surface area contributed by atoms with Gasteiger partial charge in [-0.05, 0) is 30.8 Å². The number of thioether (sulfide) groups is 1. The molecule has 0 bridgehead atoms. The number of carbonyl (C=O) groups excluding carboxylic acids is 1. The highest BCUT2D eigenvalue weighted by Gasteiger charge is 2.27. The van der Waals surface area contributed by atoms with E-state index in [0.717, 1.165) is 29.6 Å². The Labute approximate surface area is 134 Å². The van der Waals surface area contributed by atoms with E-state index in [1.165, 1.54) is 11.8 Å². The second kappa shape index (κ2) is 6.98. The fourth-order valence-corrected chi connectivity index (χ4v) is 3.27. The molecule has 22 heavy (non-hydrogen) atoms. The van der Waals surface area contributed by atoms with Crippen LogP contribution in [-0.4, -0.2) is 48.9 Å². The third-order valence-electron chi connectivity index (χ3n) is 3.40. The highest BCUT2D eigenvalue weighted by Crippen LogP contribution is 2.32. The molecule has 116 valence electrons. The smallest absolute Gasteiger partial charge is 0.286 e. The third-order valence-corrected chi connectivity index (χ3v) is 4.44. The molecule has 1 aromatic carbocycles. The zero-order chi connectivity index (χ0) is 15.4. The molecule has 0 aromatic heterocycles. The first-order valence-electron chi connectivity index (χ1n) is 7.35. The number of para-hydroxylation sites is 1. The second-order valence-corrected chi connectivity index (χ2v) is 5.89. The quantitative estimate of drug-likeness (QED) is 0.801. The van der Waals surface area contributed by atoms with Gasteiger partial charge in [0.05, 0.1) is 24.7 Å². The number of rotatable bonds is 3. The van der Waals surface area contributed by atoms with Crippen molar-refractivity contribution in [1.29, 1.82) is 0 Å². The molecule has 0 N–H and O–H groups in total. The van der Waals surface area contributed by atoms with Crippen LogP contribution in [0.5, 0.6) is 5.75 Å². The molecule has 0 saturated carbocycles. The molecule has 0 radical (unpaired) electrons. The van der Waals surface area contributed by atoms with Crippen molar-refractivity contribution >= 4 is 28.9 Å². The van der Waals surface area contributed by atoms with Crippen LogP contribution in [0.2, 0.25) is 0 Å². The molecule has 0 aliphatic carbocycles. The van der Waals surface area contributed by atoms with Crippen molar-refractivity contribution in [2.75, 3.05) is 32.9 Å². The van der Waals surface area contributed by atoms with Crippen LogP contribution in [0.15, 0.2) is 34.2 Å². The lowest BCUT2D eigenvalue weighted by Gasteiger charge is -2.27. The van der Waals surface area contributed by atoms with E-state index in [-0.39, 0.29) is 5.91 Å². The molecule has 0 spiro atoms. The van der Waals surface area contributed by atoms with Gasteiger partial charge in [-0.1, -0.05) is 18.2 Å². The fraction of sp³-hybridized carbons (Fsp3) is 0.375. The van der Waals surface area contributed by atoms with E-state index in [2.05, 4.69) is 9.89 Å². The molecule has 2 aliphatic rings. The van der Waals surface area contributed by atoms with E-state index in [1.807, 2.05) is 37.3 Å². The molecule has 0 unspecified atom stereocenters. The summed E-state index contributed by atoms with van der Waals surface area (Å²) in [6, 6.07) is 7.71. The number of aliphatic imine (C=N–C) groups is 1. The summed E-state index contributed by atoms with van der Waals surface area (Å²) in [5.74, 6) is 0.600. The second-order valence-electron chi connectivity index (χ2n) is 4.88. The number of amides is 1. The molecule has 5 nitrogen and oxygen atoms in total. The minimum atomic E-state index is -0.183. The minimum absolute atomic E-state index is 0.183. The lowest BCUT2D eigenvalue weighted by molar-refractivity contribution is -0.113. The largest absolute Gasteiger partial charge is 0.493 e.